The summed E-state index contributed by atoms with van der Waals surface area (Å²) in [6.45, 7) is 15.0. The highest BCUT2D eigenvalue weighted by molar-refractivity contribution is 5.61. The summed E-state index contributed by atoms with van der Waals surface area (Å²) in [4.78, 5) is 0. The number of ether oxygens (including phenoxy) is 1. The first kappa shape index (κ1) is 23.9. The van der Waals surface area contributed by atoms with Crippen molar-refractivity contribution in [2.75, 3.05) is 11.5 Å². The lowest BCUT2D eigenvalue weighted by atomic mass is 9.90. The number of anilines is 2. The maximum atomic E-state index is 5.91. The molecule has 2 atom stereocenters. The van der Waals surface area contributed by atoms with Crippen LogP contribution >= 0.6 is 0 Å². The molecule has 0 fully saturated rings. The lowest BCUT2D eigenvalue weighted by molar-refractivity contribution is 0.419. The fourth-order valence-corrected chi connectivity index (χ4v) is 3.16. The third-order valence-electron chi connectivity index (χ3n) is 5.28. The van der Waals surface area contributed by atoms with Gasteiger partial charge in [0, 0.05) is 5.69 Å². The van der Waals surface area contributed by atoms with E-state index in [1.54, 1.807) is 18.2 Å². The van der Waals surface area contributed by atoms with Crippen molar-refractivity contribution in [3.8, 4) is 5.75 Å². The molecule has 2 unspecified atom stereocenters. The average Bonchev–Trinajstić information content (AvgIpc) is 2.66. The van der Waals surface area contributed by atoms with Crippen molar-refractivity contribution in [3.63, 3.8) is 0 Å². The Morgan fingerprint density at radius 2 is 1.71 bits per heavy atom. The Labute approximate surface area is 172 Å². The minimum atomic E-state index is 0.452. The van der Waals surface area contributed by atoms with Gasteiger partial charge in [-0.25, -0.2) is 0 Å². The van der Waals surface area contributed by atoms with E-state index in [9.17, 15) is 0 Å². The van der Waals surface area contributed by atoms with Crippen molar-refractivity contribution in [1.29, 1.82) is 0 Å². The number of nitrogens with two attached hydrogens (primary N) is 2. The van der Waals surface area contributed by atoms with Gasteiger partial charge in [-0.1, -0.05) is 90.5 Å². The van der Waals surface area contributed by atoms with E-state index in [2.05, 4.69) is 33.9 Å². The van der Waals surface area contributed by atoms with Gasteiger partial charge in [0.2, 0.25) is 0 Å². The molecule has 1 aromatic carbocycles. The standard InChI is InChI=1S/C25H40N2O/c1-6-7-8-9-10-11-19(2)12-13-20(3)21(4)14-15-22(5)28-25-17-16-23(26)18-24(25)27/h14-20H,4-13,26-27H2,1-3H3/b15-14-. The second-order valence-electron chi connectivity index (χ2n) is 8.06. The summed E-state index contributed by atoms with van der Waals surface area (Å²) in [5.74, 6) is 2.33. The fraction of sp³-hybridized carbons (Fsp3) is 0.520. The van der Waals surface area contributed by atoms with E-state index in [0.717, 1.165) is 17.9 Å². The summed E-state index contributed by atoms with van der Waals surface area (Å²) < 4.78 is 5.70. The van der Waals surface area contributed by atoms with Gasteiger partial charge in [-0.2, -0.15) is 0 Å². The highest BCUT2D eigenvalue weighted by Crippen LogP contribution is 2.26. The number of rotatable bonds is 14. The Hall–Kier alpha value is -2.16. The normalized spacial score (nSPS) is 13.4. The maximum absolute atomic E-state index is 5.91. The minimum Gasteiger partial charge on any atom is -0.456 e. The van der Waals surface area contributed by atoms with Crippen molar-refractivity contribution < 1.29 is 4.74 Å². The highest BCUT2D eigenvalue weighted by atomic mass is 16.5. The van der Waals surface area contributed by atoms with E-state index in [-0.39, 0.29) is 0 Å². The molecule has 0 aliphatic heterocycles. The summed E-state index contributed by atoms with van der Waals surface area (Å²) >= 11 is 0. The Kier molecular flexibility index (Phi) is 11.2. The third kappa shape index (κ3) is 9.68. The zero-order chi connectivity index (χ0) is 20.9. The SMILES string of the molecule is C=C(/C=C\C(=C)C(C)CCC(C)CCCCCCC)Oc1ccc(N)cc1N. The zero-order valence-electron chi connectivity index (χ0n) is 18.2. The number of benzene rings is 1. The van der Waals surface area contributed by atoms with E-state index in [0.29, 0.717) is 28.8 Å². The van der Waals surface area contributed by atoms with E-state index in [4.69, 9.17) is 16.2 Å². The van der Waals surface area contributed by atoms with Crippen LogP contribution in [0.2, 0.25) is 0 Å². The second kappa shape index (κ2) is 13.1. The van der Waals surface area contributed by atoms with Gasteiger partial charge in [-0.3, -0.25) is 0 Å². The summed E-state index contributed by atoms with van der Waals surface area (Å²) in [5.41, 5.74) is 13.8. The lowest BCUT2D eigenvalue weighted by Crippen LogP contribution is -2.02. The first-order valence-corrected chi connectivity index (χ1v) is 10.7. The molecule has 0 heterocycles. The molecule has 0 aliphatic rings. The molecule has 0 bridgehead atoms. The fourth-order valence-electron chi connectivity index (χ4n) is 3.16. The third-order valence-corrected chi connectivity index (χ3v) is 5.28. The van der Waals surface area contributed by atoms with Gasteiger partial charge >= 0.3 is 0 Å². The Morgan fingerprint density at radius 1 is 1.00 bits per heavy atom. The van der Waals surface area contributed by atoms with Crippen molar-refractivity contribution in [2.45, 2.75) is 72.1 Å². The van der Waals surface area contributed by atoms with Gasteiger partial charge in [-0.15, -0.1) is 0 Å². The monoisotopic (exact) mass is 384 g/mol. The van der Waals surface area contributed by atoms with Crippen molar-refractivity contribution in [1.82, 2.24) is 0 Å². The first-order valence-electron chi connectivity index (χ1n) is 10.7. The number of allylic oxidation sites excluding steroid dienone is 3. The van der Waals surface area contributed by atoms with Crippen LogP contribution in [0.25, 0.3) is 0 Å². The van der Waals surface area contributed by atoms with E-state index >= 15 is 0 Å². The van der Waals surface area contributed by atoms with Crippen LogP contribution in [0, 0.1) is 11.8 Å². The van der Waals surface area contributed by atoms with Crippen LogP contribution in [0.15, 0.2) is 54.8 Å². The van der Waals surface area contributed by atoms with Gasteiger partial charge in [0.05, 0.1) is 5.69 Å². The van der Waals surface area contributed by atoms with E-state index in [1.807, 2.05) is 12.2 Å². The molecule has 0 aromatic heterocycles. The van der Waals surface area contributed by atoms with Gasteiger partial charge in [0.15, 0.2) is 0 Å². The number of nitrogen functional groups attached to an aromatic ring is 2. The molecule has 0 aliphatic carbocycles. The molecule has 0 saturated heterocycles. The molecular formula is C25H40N2O. The summed E-state index contributed by atoms with van der Waals surface area (Å²) in [6, 6.07) is 5.19. The molecule has 3 nitrogen and oxygen atoms in total. The van der Waals surface area contributed by atoms with Crippen LogP contribution < -0.4 is 16.2 Å². The molecular weight excluding hydrogens is 344 g/mol. The molecule has 1 rings (SSSR count). The molecule has 0 saturated carbocycles. The predicted molar refractivity (Wildman–Crippen MR) is 124 cm³/mol. The molecule has 4 N–H and O–H groups in total. The Bertz CT molecular complexity index is 648. The topological polar surface area (TPSA) is 61.3 Å². The number of hydrogen-bond donors (Lipinski definition) is 2. The average molecular weight is 385 g/mol. The van der Waals surface area contributed by atoms with E-state index in [1.165, 1.54) is 44.9 Å². The van der Waals surface area contributed by atoms with E-state index < -0.39 is 0 Å². The summed E-state index contributed by atoms with van der Waals surface area (Å²) in [6.07, 6.45) is 14.4. The van der Waals surface area contributed by atoms with Crippen LogP contribution in [0.3, 0.4) is 0 Å². The first-order chi connectivity index (χ1) is 13.3. The number of hydrogen-bond acceptors (Lipinski definition) is 3. The smallest absolute Gasteiger partial charge is 0.150 e. The predicted octanol–water partition coefficient (Wildman–Crippen LogP) is 7.27. The van der Waals surface area contributed by atoms with Crippen molar-refractivity contribution >= 4 is 11.4 Å². The van der Waals surface area contributed by atoms with Crippen LogP contribution in [0.4, 0.5) is 11.4 Å². The van der Waals surface area contributed by atoms with Crippen LogP contribution in [0.5, 0.6) is 5.75 Å². The lowest BCUT2D eigenvalue weighted by Gasteiger charge is -2.16. The quantitative estimate of drug-likeness (QED) is 0.153. The zero-order valence-corrected chi connectivity index (χ0v) is 18.2. The molecule has 3 heteroatoms. The number of unbranched alkanes of at least 4 members (excludes halogenated alkanes) is 4. The van der Waals surface area contributed by atoms with Crippen molar-refractivity contribution in [2.24, 2.45) is 11.8 Å². The molecule has 28 heavy (non-hydrogen) atoms. The van der Waals surface area contributed by atoms with Crippen LogP contribution in [-0.2, 0) is 0 Å². The maximum Gasteiger partial charge on any atom is 0.150 e. The van der Waals surface area contributed by atoms with Crippen LogP contribution in [-0.4, -0.2) is 0 Å². The Morgan fingerprint density at radius 3 is 2.39 bits per heavy atom. The van der Waals surface area contributed by atoms with Crippen LogP contribution in [0.1, 0.15) is 72.1 Å². The van der Waals surface area contributed by atoms with Gasteiger partial charge in [0.25, 0.3) is 0 Å². The summed E-state index contributed by atoms with van der Waals surface area (Å²) in [5, 5.41) is 0. The summed E-state index contributed by atoms with van der Waals surface area (Å²) in [7, 11) is 0. The Balaban J connectivity index is 2.33. The molecule has 1 aromatic rings. The highest BCUT2D eigenvalue weighted by Gasteiger charge is 2.09. The largest absolute Gasteiger partial charge is 0.456 e. The molecule has 0 amide bonds. The molecule has 0 radical (unpaired) electrons. The molecule has 0 spiro atoms. The second-order valence-corrected chi connectivity index (χ2v) is 8.06. The van der Waals surface area contributed by atoms with Gasteiger partial charge < -0.3 is 16.2 Å². The van der Waals surface area contributed by atoms with Gasteiger partial charge in [-0.05, 0) is 42.5 Å². The molecule has 156 valence electrons. The van der Waals surface area contributed by atoms with Gasteiger partial charge in [0.1, 0.15) is 11.5 Å². The van der Waals surface area contributed by atoms with Crippen molar-refractivity contribution in [3.05, 3.63) is 54.8 Å². The minimum absolute atomic E-state index is 0.452.